The highest BCUT2D eigenvalue weighted by Crippen LogP contribution is 2.24. The Hall–Kier alpha value is -2.42. The quantitative estimate of drug-likeness (QED) is 0.544. The van der Waals surface area contributed by atoms with Gasteiger partial charge in [0.2, 0.25) is 10.0 Å². The Bertz CT molecular complexity index is 1060. The van der Waals surface area contributed by atoms with Gasteiger partial charge in [-0.15, -0.1) is 0 Å². The number of aryl methyl sites for hydroxylation is 1. The van der Waals surface area contributed by atoms with Gasteiger partial charge in [0.25, 0.3) is 5.91 Å². The highest BCUT2D eigenvalue weighted by Gasteiger charge is 2.24. The molecule has 1 atom stereocenters. The van der Waals surface area contributed by atoms with Crippen LogP contribution in [0, 0.1) is 6.92 Å². The van der Waals surface area contributed by atoms with Gasteiger partial charge in [0.1, 0.15) is 5.75 Å². The largest absolute Gasteiger partial charge is 0.497 e. The van der Waals surface area contributed by atoms with Gasteiger partial charge in [-0.05, 0) is 76.2 Å². The molecule has 7 nitrogen and oxygen atoms in total. The number of benzene rings is 2. The van der Waals surface area contributed by atoms with Crippen molar-refractivity contribution >= 4 is 15.9 Å². The number of amides is 1. The molecule has 2 aromatic rings. The monoisotopic (exact) mass is 475 g/mol. The van der Waals surface area contributed by atoms with Gasteiger partial charge in [-0.1, -0.05) is 32.0 Å². The number of sulfonamides is 1. The van der Waals surface area contributed by atoms with Crippen molar-refractivity contribution in [1.82, 2.24) is 14.9 Å². The zero-order valence-electron chi connectivity index (χ0n) is 20.7. The second-order valence-electron chi connectivity index (χ2n) is 9.06. The molecule has 0 aliphatic rings. The van der Waals surface area contributed by atoms with Crippen LogP contribution in [0.4, 0.5) is 0 Å². The van der Waals surface area contributed by atoms with E-state index in [-0.39, 0.29) is 16.8 Å². The van der Waals surface area contributed by atoms with Crippen LogP contribution in [0.1, 0.15) is 62.1 Å². The highest BCUT2D eigenvalue weighted by atomic mass is 32.2. The minimum atomic E-state index is -3.75. The van der Waals surface area contributed by atoms with Crippen LogP contribution >= 0.6 is 0 Å². The van der Waals surface area contributed by atoms with Gasteiger partial charge >= 0.3 is 0 Å². The van der Waals surface area contributed by atoms with Crippen molar-refractivity contribution in [2.45, 2.75) is 58.0 Å². The number of carbonyl (C=O) groups excluding carboxylic acids is 1. The van der Waals surface area contributed by atoms with Gasteiger partial charge in [0.05, 0.1) is 18.0 Å². The summed E-state index contributed by atoms with van der Waals surface area (Å²) in [6, 6.07) is 12.4. The molecule has 0 fully saturated rings. The van der Waals surface area contributed by atoms with Gasteiger partial charge in [0, 0.05) is 17.6 Å². The molecular formula is C25H37N3O4S. The van der Waals surface area contributed by atoms with E-state index in [1.54, 1.807) is 40.9 Å². The Labute approximate surface area is 198 Å². The van der Waals surface area contributed by atoms with E-state index in [9.17, 15) is 13.2 Å². The number of nitrogens with zero attached hydrogens (tertiary/aromatic N) is 1. The maximum Gasteiger partial charge on any atom is 0.251 e. The molecule has 0 saturated heterocycles. The van der Waals surface area contributed by atoms with E-state index >= 15 is 0 Å². The third kappa shape index (κ3) is 7.28. The number of nitrogens with one attached hydrogen (secondary N) is 2. The molecule has 0 saturated carbocycles. The van der Waals surface area contributed by atoms with Crippen LogP contribution in [0.25, 0.3) is 0 Å². The van der Waals surface area contributed by atoms with Crippen LogP contribution in [0.15, 0.2) is 47.4 Å². The first kappa shape index (κ1) is 26.8. The van der Waals surface area contributed by atoms with Crippen molar-refractivity contribution in [3.63, 3.8) is 0 Å². The average molecular weight is 476 g/mol. The third-order valence-corrected chi connectivity index (χ3v) is 7.15. The molecule has 0 aromatic heterocycles. The summed E-state index contributed by atoms with van der Waals surface area (Å²) in [4.78, 5) is 15.4. The van der Waals surface area contributed by atoms with E-state index in [2.05, 4.69) is 28.8 Å². The molecule has 2 aromatic carbocycles. The molecule has 0 spiro atoms. The summed E-state index contributed by atoms with van der Waals surface area (Å²) in [6.45, 7) is 13.3. The molecule has 1 unspecified atom stereocenters. The fourth-order valence-electron chi connectivity index (χ4n) is 3.73. The normalized spacial score (nSPS) is 13.1. The molecule has 182 valence electrons. The van der Waals surface area contributed by atoms with Crippen molar-refractivity contribution in [3.8, 4) is 5.75 Å². The molecule has 0 bridgehead atoms. The summed E-state index contributed by atoms with van der Waals surface area (Å²) in [5.74, 6) is 0.455. The third-order valence-electron chi connectivity index (χ3n) is 5.39. The molecule has 2 N–H and O–H groups in total. The Balaban J connectivity index is 2.30. The fourth-order valence-corrected chi connectivity index (χ4v) is 5.17. The first-order chi connectivity index (χ1) is 15.4. The Kier molecular flexibility index (Phi) is 9.05. The highest BCUT2D eigenvalue weighted by molar-refractivity contribution is 7.89. The van der Waals surface area contributed by atoms with Crippen molar-refractivity contribution in [1.29, 1.82) is 0 Å². The second kappa shape index (κ2) is 11.1. The van der Waals surface area contributed by atoms with E-state index in [4.69, 9.17) is 4.74 Å². The maximum atomic E-state index is 13.1. The van der Waals surface area contributed by atoms with E-state index < -0.39 is 15.6 Å². The summed E-state index contributed by atoms with van der Waals surface area (Å²) in [5, 5.41) is 3.02. The van der Waals surface area contributed by atoms with Crippen molar-refractivity contribution in [2.75, 3.05) is 26.7 Å². The summed E-state index contributed by atoms with van der Waals surface area (Å²) in [5.41, 5.74) is 1.47. The summed E-state index contributed by atoms with van der Waals surface area (Å²) < 4.78 is 33.5. The number of hydrogen-bond donors (Lipinski definition) is 2. The van der Waals surface area contributed by atoms with E-state index in [1.807, 2.05) is 24.3 Å². The number of methoxy groups -OCH3 is 1. The topological polar surface area (TPSA) is 87.7 Å². The van der Waals surface area contributed by atoms with Crippen molar-refractivity contribution in [3.05, 3.63) is 59.2 Å². The molecule has 0 heterocycles. The van der Waals surface area contributed by atoms with Gasteiger partial charge in [-0.2, -0.15) is 0 Å². The Morgan fingerprint density at radius 3 is 2.33 bits per heavy atom. The fraction of sp³-hybridized carbons (Fsp3) is 0.480. The molecule has 0 aliphatic carbocycles. The van der Waals surface area contributed by atoms with E-state index in [0.29, 0.717) is 17.7 Å². The van der Waals surface area contributed by atoms with E-state index in [0.717, 1.165) is 24.4 Å². The van der Waals surface area contributed by atoms with Crippen LogP contribution in [-0.2, 0) is 10.0 Å². The lowest BCUT2D eigenvalue weighted by atomic mass is 10.0. The lowest BCUT2D eigenvalue weighted by molar-refractivity contribution is 0.0934. The number of hydrogen-bond acceptors (Lipinski definition) is 5. The molecule has 1 amide bonds. The lowest BCUT2D eigenvalue weighted by Gasteiger charge is -2.30. The number of likely N-dealkylation sites (N-methyl/N-ethyl adjacent to an activating group) is 1. The molecule has 2 rings (SSSR count). The minimum Gasteiger partial charge on any atom is -0.497 e. The minimum absolute atomic E-state index is 0.0474. The van der Waals surface area contributed by atoms with Crippen LogP contribution in [0.2, 0.25) is 0 Å². The van der Waals surface area contributed by atoms with Crippen LogP contribution in [0.3, 0.4) is 0 Å². The first-order valence-corrected chi connectivity index (χ1v) is 12.7. The number of rotatable bonds is 10. The molecule has 8 heteroatoms. The van der Waals surface area contributed by atoms with E-state index in [1.165, 1.54) is 12.1 Å². The van der Waals surface area contributed by atoms with Crippen LogP contribution in [-0.4, -0.2) is 51.5 Å². The van der Waals surface area contributed by atoms with Crippen molar-refractivity contribution in [2.24, 2.45) is 0 Å². The lowest BCUT2D eigenvalue weighted by Crippen LogP contribution is -2.40. The van der Waals surface area contributed by atoms with Gasteiger partial charge in [0.15, 0.2) is 0 Å². The van der Waals surface area contributed by atoms with Crippen LogP contribution < -0.4 is 14.8 Å². The van der Waals surface area contributed by atoms with Gasteiger partial charge in [-0.3, -0.25) is 9.69 Å². The number of ether oxygens (including phenoxy) is 1. The Morgan fingerprint density at radius 2 is 1.76 bits per heavy atom. The Morgan fingerprint density at radius 1 is 1.09 bits per heavy atom. The summed E-state index contributed by atoms with van der Waals surface area (Å²) >= 11 is 0. The van der Waals surface area contributed by atoms with Crippen molar-refractivity contribution < 1.29 is 17.9 Å². The summed E-state index contributed by atoms with van der Waals surface area (Å²) in [7, 11) is -2.12. The molecule has 0 radical (unpaired) electrons. The van der Waals surface area contributed by atoms with Gasteiger partial charge in [-0.25, -0.2) is 13.1 Å². The molecular weight excluding hydrogens is 438 g/mol. The standard InChI is InChI=1S/C25H37N3O4S/c1-8-28(9-2)23(19-11-10-12-20(15-19)32-7)17-26-24(29)22-16-21(14-13-18(22)3)33(30,31)27-25(4,5)6/h10-16,23,27H,8-9,17H2,1-7H3,(H,26,29). The number of carbonyl (C=O) groups is 1. The second-order valence-corrected chi connectivity index (χ2v) is 10.7. The predicted molar refractivity (Wildman–Crippen MR) is 132 cm³/mol. The zero-order chi connectivity index (χ0) is 24.8. The first-order valence-electron chi connectivity index (χ1n) is 11.2. The zero-order valence-corrected chi connectivity index (χ0v) is 21.5. The maximum absolute atomic E-state index is 13.1. The molecule has 33 heavy (non-hydrogen) atoms. The predicted octanol–water partition coefficient (Wildman–Crippen LogP) is 3.89. The van der Waals surface area contributed by atoms with Crippen LogP contribution in [0.5, 0.6) is 5.75 Å². The molecule has 0 aliphatic heterocycles. The smallest absolute Gasteiger partial charge is 0.251 e. The SMILES string of the molecule is CCN(CC)C(CNC(=O)c1cc(S(=O)(=O)NC(C)(C)C)ccc1C)c1cccc(OC)c1. The average Bonchev–Trinajstić information content (AvgIpc) is 2.75. The van der Waals surface area contributed by atoms with Gasteiger partial charge < -0.3 is 10.1 Å². The summed E-state index contributed by atoms with van der Waals surface area (Å²) in [6.07, 6.45) is 0.